The minimum atomic E-state index is -1.52. The highest BCUT2D eigenvalue weighted by atomic mass is 19.1. The number of carboxylic acid groups (broad SMARTS) is 3. The topological polar surface area (TPSA) is 267 Å². The van der Waals surface area contributed by atoms with E-state index >= 15 is 0 Å². The third kappa shape index (κ3) is 16.5. The van der Waals surface area contributed by atoms with E-state index in [1.54, 1.807) is 10.9 Å². The summed E-state index contributed by atoms with van der Waals surface area (Å²) in [6.45, 7) is 1.77. The first-order valence-electron chi connectivity index (χ1n) is 15.5. The third-order valence-corrected chi connectivity index (χ3v) is 6.74. The number of aryl methyl sites for hydroxylation is 1. The number of unbranched alkanes of at least 4 members (excludes halogenated alkanes) is 1. The summed E-state index contributed by atoms with van der Waals surface area (Å²) in [6, 6.07) is 0.247. The van der Waals surface area contributed by atoms with Gasteiger partial charge in [-0.25, -0.2) is 19.1 Å². The largest absolute Gasteiger partial charge is 0.491 e. The zero-order valence-corrected chi connectivity index (χ0v) is 26.8. The number of nitrogens with one attached hydrogen (secondary N) is 3. The van der Waals surface area contributed by atoms with E-state index in [0.29, 0.717) is 51.4 Å². The summed E-state index contributed by atoms with van der Waals surface area (Å²) in [7, 11) is 0. The number of rotatable bonds is 27. The van der Waals surface area contributed by atoms with Gasteiger partial charge in [-0.2, -0.15) is 0 Å². The number of hydrogen-bond acceptors (Lipinski definition) is 12. The van der Waals surface area contributed by atoms with Crippen LogP contribution in [0.1, 0.15) is 44.2 Å². The monoisotopic (exact) mass is 699 g/mol. The van der Waals surface area contributed by atoms with Crippen LogP contribution in [0, 0.1) is 10.1 Å². The summed E-state index contributed by atoms with van der Waals surface area (Å²) in [5.74, 6) is -3.72. The number of anilines is 1. The maximum Gasteiger partial charge on any atom is 0.326 e. The summed E-state index contributed by atoms with van der Waals surface area (Å²) in [6.07, 6.45) is 2.41. The molecule has 0 fully saturated rings. The molecule has 0 aliphatic rings. The molecule has 0 saturated heterocycles. The van der Waals surface area contributed by atoms with E-state index in [0.717, 1.165) is 5.69 Å². The van der Waals surface area contributed by atoms with E-state index in [1.807, 2.05) is 0 Å². The predicted molar refractivity (Wildman–Crippen MR) is 168 cm³/mol. The van der Waals surface area contributed by atoms with E-state index in [2.05, 4.69) is 26.3 Å². The summed E-state index contributed by atoms with van der Waals surface area (Å²) in [5, 5.41) is 53.9. The number of nitro groups is 1. The second-order valence-electron chi connectivity index (χ2n) is 10.5. The van der Waals surface area contributed by atoms with Crippen molar-refractivity contribution in [1.82, 2.24) is 25.6 Å². The maximum absolute atomic E-state index is 12.3. The summed E-state index contributed by atoms with van der Waals surface area (Å²) in [4.78, 5) is 56.6. The van der Waals surface area contributed by atoms with Gasteiger partial charge < -0.3 is 45.5 Å². The number of hydrogen-bond donors (Lipinski definition) is 6. The summed E-state index contributed by atoms with van der Waals surface area (Å²) < 4.78 is 30.5. The van der Waals surface area contributed by atoms with Crippen LogP contribution in [0.2, 0.25) is 0 Å². The molecule has 2 rings (SSSR count). The van der Waals surface area contributed by atoms with Crippen LogP contribution in [0.25, 0.3) is 0 Å². The number of halogens is 1. The number of carbonyl (C=O) groups excluding carboxylic acids is 1. The van der Waals surface area contributed by atoms with E-state index < -0.39 is 54.0 Å². The molecule has 0 bridgehead atoms. The average Bonchev–Trinajstić information content (AvgIpc) is 3.51. The molecule has 0 saturated carbocycles. The molecular formula is C29H42FN7O12. The first-order valence-corrected chi connectivity index (χ1v) is 15.5. The predicted octanol–water partition coefficient (Wildman–Crippen LogP) is 1.85. The second-order valence-corrected chi connectivity index (χ2v) is 10.5. The van der Waals surface area contributed by atoms with Crippen LogP contribution in [0.15, 0.2) is 24.4 Å². The Labute approximate surface area is 280 Å². The zero-order valence-electron chi connectivity index (χ0n) is 26.8. The lowest BCUT2D eigenvalue weighted by Gasteiger charge is -2.18. The Bertz CT molecular complexity index is 1360. The van der Waals surface area contributed by atoms with Crippen LogP contribution in [-0.2, 0) is 36.8 Å². The number of urea groups is 1. The molecule has 1 aromatic heterocycles. The molecule has 0 aliphatic carbocycles. The summed E-state index contributed by atoms with van der Waals surface area (Å²) in [5.41, 5.74) is 0.721. The Hall–Kier alpha value is -5.11. The molecular weight excluding hydrogens is 657 g/mol. The Morgan fingerprint density at radius 1 is 0.939 bits per heavy atom. The normalized spacial score (nSPS) is 12.1. The molecule has 2 atom stereocenters. The third-order valence-electron chi connectivity index (χ3n) is 6.74. The van der Waals surface area contributed by atoms with Crippen LogP contribution in [0.4, 0.5) is 20.6 Å². The minimum Gasteiger partial charge on any atom is -0.491 e. The highest BCUT2D eigenvalue weighted by molar-refractivity contribution is 5.86. The fraction of sp³-hybridized carbons (Fsp3) is 0.586. The van der Waals surface area contributed by atoms with Crippen LogP contribution in [0.3, 0.4) is 0 Å². The fourth-order valence-electron chi connectivity index (χ4n) is 4.25. The van der Waals surface area contributed by atoms with Crippen molar-refractivity contribution in [1.29, 1.82) is 0 Å². The lowest BCUT2D eigenvalue weighted by Crippen LogP contribution is -2.51. The van der Waals surface area contributed by atoms with Gasteiger partial charge in [0.05, 0.1) is 50.3 Å². The molecule has 49 heavy (non-hydrogen) atoms. The lowest BCUT2D eigenvalue weighted by atomic mass is 10.1. The number of nitrogens with zero attached hydrogens (tertiary/aromatic N) is 4. The molecule has 20 heteroatoms. The maximum atomic E-state index is 12.3. The van der Waals surface area contributed by atoms with E-state index in [9.17, 15) is 38.8 Å². The number of aliphatic carboxylic acids is 3. The van der Waals surface area contributed by atoms with Crippen LogP contribution in [-0.4, -0.2) is 118 Å². The molecule has 1 heterocycles. The van der Waals surface area contributed by atoms with Gasteiger partial charge in [0.25, 0.3) is 5.69 Å². The van der Waals surface area contributed by atoms with Crippen molar-refractivity contribution in [2.75, 3.05) is 51.6 Å². The molecule has 0 radical (unpaired) electrons. The molecule has 2 aromatic rings. The SMILES string of the molecule is O=C(O)CC[C@H](NC(=O)N[C@@H](CCCCNc1cc(OCCOCCOCCn2cc(CCCF)nn2)ccc1[N+](=O)[O-])C(=O)O)C(=O)O. The number of carboxylic acids is 3. The van der Waals surface area contributed by atoms with Crippen LogP contribution >= 0.6 is 0 Å². The van der Waals surface area contributed by atoms with E-state index in [-0.39, 0.29) is 50.4 Å². The molecule has 0 spiro atoms. The number of amides is 2. The van der Waals surface area contributed by atoms with Crippen molar-refractivity contribution < 1.29 is 58.0 Å². The average molecular weight is 700 g/mol. The number of benzene rings is 1. The van der Waals surface area contributed by atoms with Crippen molar-refractivity contribution in [2.24, 2.45) is 0 Å². The molecule has 0 unspecified atom stereocenters. The van der Waals surface area contributed by atoms with Crippen molar-refractivity contribution >= 4 is 35.3 Å². The van der Waals surface area contributed by atoms with Gasteiger partial charge in [0.15, 0.2) is 0 Å². The fourth-order valence-corrected chi connectivity index (χ4v) is 4.25. The van der Waals surface area contributed by atoms with Crippen LogP contribution < -0.4 is 20.7 Å². The number of carbonyl (C=O) groups is 4. The molecule has 0 aliphatic heterocycles. The van der Waals surface area contributed by atoms with Crippen molar-refractivity contribution in [3.05, 3.63) is 40.2 Å². The standard InChI is InChI=1S/C29H42FN7O12/c30-10-3-4-20-19-36(35-34-20)12-13-47-14-15-48-16-17-49-21-6-8-25(37(45)46)24(18-21)31-11-2-1-5-22(27(40)41)32-29(44)33-23(28(42)43)7-9-26(38)39/h6,8,18-19,22-23,31H,1-5,7,9-17H2,(H,38,39)(H,40,41)(H,42,43)(H2,32,33,44)/t22-,23-/m0/s1. The number of nitro benzene ring substituents is 1. The minimum absolute atomic E-state index is 0.0289. The molecule has 2 amide bonds. The number of aromatic nitrogens is 3. The van der Waals surface area contributed by atoms with Gasteiger partial charge >= 0.3 is 23.9 Å². The first kappa shape index (κ1) is 40.1. The van der Waals surface area contributed by atoms with E-state index in [1.165, 1.54) is 18.2 Å². The quantitative estimate of drug-likeness (QED) is 0.0441. The molecule has 272 valence electrons. The van der Waals surface area contributed by atoms with Crippen molar-refractivity contribution in [2.45, 2.75) is 63.6 Å². The van der Waals surface area contributed by atoms with Gasteiger partial charge in [-0.05, 0) is 44.6 Å². The van der Waals surface area contributed by atoms with Crippen LogP contribution in [0.5, 0.6) is 5.75 Å². The van der Waals surface area contributed by atoms with Gasteiger partial charge in [-0.3, -0.25) is 19.3 Å². The number of alkyl halides is 1. The highest BCUT2D eigenvalue weighted by Gasteiger charge is 2.25. The highest BCUT2D eigenvalue weighted by Crippen LogP contribution is 2.29. The van der Waals surface area contributed by atoms with E-state index in [4.69, 9.17) is 24.4 Å². The second kappa shape index (κ2) is 22.5. The molecule has 1 aromatic carbocycles. The Morgan fingerprint density at radius 3 is 2.27 bits per heavy atom. The van der Waals surface area contributed by atoms with Gasteiger partial charge in [0.1, 0.15) is 30.1 Å². The van der Waals surface area contributed by atoms with Gasteiger partial charge in [-0.1, -0.05) is 5.21 Å². The Morgan fingerprint density at radius 2 is 1.61 bits per heavy atom. The molecule has 6 N–H and O–H groups in total. The zero-order chi connectivity index (χ0) is 36.0. The Balaban J connectivity index is 1.69. The summed E-state index contributed by atoms with van der Waals surface area (Å²) >= 11 is 0. The van der Waals surface area contributed by atoms with Gasteiger partial charge in [0, 0.05) is 31.3 Å². The Kier molecular flexibility index (Phi) is 18.4. The lowest BCUT2D eigenvalue weighted by molar-refractivity contribution is -0.384. The van der Waals surface area contributed by atoms with Gasteiger partial charge in [0.2, 0.25) is 0 Å². The first-order chi connectivity index (χ1) is 23.5. The number of ether oxygens (including phenoxy) is 3. The smallest absolute Gasteiger partial charge is 0.326 e. The van der Waals surface area contributed by atoms with Crippen molar-refractivity contribution in [3.63, 3.8) is 0 Å². The van der Waals surface area contributed by atoms with Gasteiger partial charge in [-0.15, -0.1) is 5.10 Å². The molecule has 19 nitrogen and oxygen atoms in total. The van der Waals surface area contributed by atoms with Crippen molar-refractivity contribution in [3.8, 4) is 5.75 Å².